The summed E-state index contributed by atoms with van der Waals surface area (Å²) in [6.07, 6.45) is 7.07. The van der Waals surface area contributed by atoms with E-state index in [0.717, 1.165) is 51.3 Å². The van der Waals surface area contributed by atoms with E-state index in [-0.39, 0.29) is 5.60 Å². The first kappa shape index (κ1) is 16.5. The zero-order valence-electron chi connectivity index (χ0n) is 14.4. The third-order valence-electron chi connectivity index (χ3n) is 5.36. The first-order valence-electron chi connectivity index (χ1n) is 8.73. The van der Waals surface area contributed by atoms with Gasteiger partial charge in [-0.3, -0.25) is 4.90 Å². The number of piperidine rings is 1. The molecule has 2 aliphatic heterocycles. The fourth-order valence-corrected chi connectivity index (χ4v) is 3.81. The molecule has 1 unspecified atom stereocenters. The Morgan fingerprint density at radius 2 is 2.08 bits per heavy atom. The lowest BCUT2D eigenvalue weighted by Crippen LogP contribution is -2.45. The second kappa shape index (κ2) is 6.72. The van der Waals surface area contributed by atoms with Gasteiger partial charge in [0, 0.05) is 19.1 Å². The summed E-state index contributed by atoms with van der Waals surface area (Å²) in [5, 5.41) is 0. The average Bonchev–Trinajstić information content (AvgIpc) is 3.27. The van der Waals surface area contributed by atoms with E-state index < -0.39 is 5.82 Å². The van der Waals surface area contributed by atoms with Crippen molar-refractivity contribution < 1.29 is 13.5 Å². The predicted molar refractivity (Wildman–Crippen MR) is 90.7 cm³/mol. The molecule has 6 nitrogen and oxygen atoms in total. The summed E-state index contributed by atoms with van der Waals surface area (Å²) in [7, 11) is 2.12. The first-order valence-corrected chi connectivity index (χ1v) is 8.73. The van der Waals surface area contributed by atoms with E-state index in [0.29, 0.717) is 12.0 Å². The van der Waals surface area contributed by atoms with Crippen LogP contribution in [0, 0.1) is 5.82 Å². The predicted octanol–water partition coefficient (Wildman–Crippen LogP) is 2.47. The topological polar surface area (TPSA) is 54.6 Å². The van der Waals surface area contributed by atoms with Crippen LogP contribution in [0.5, 0.6) is 0 Å². The van der Waals surface area contributed by atoms with Gasteiger partial charge in [0.05, 0.1) is 37.4 Å². The zero-order valence-corrected chi connectivity index (χ0v) is 14.4. The molecule has 0 amide bonds. The van der Waals surface area contributed by atoms with Gasteiger partial charge in [0.15, 0.2) is 5.82 Å². The summed E-state index contributed by atoms with van der Waals surface area (Å²) in [6.45, 7) is 3.22. The molecule has 1 spiro atoms. The van der Waals surface area contributed by atoms with Crippen LogP contribution in [0.4, 0.5) is 10.3 Å². The van der Waals surface area contributed by atoms with Gasteiger partial charge in [-0.15, -0.1) is 0 Å². The summed E-state index contributed by atoms with van der Waals surface area (Å²) >= 11 is 0. The van der Waals surface area contributed by atoms with Crippen molar-refractivity contribution in [3.8, 4) is 0 Å². The Labute approximate surface area is 146 Å². The SMILES string of the molecule is CN(Cc1ccco1)C1COC2(CCN(c3ncc(F)cn3)CC2)C1. The number of likely N-dealkylation sites (N-methyl/N-ethyl adjacent to an activating group) is 1. The molecule has 2 fully saturated rings. The van der Waals surface area contributed by atoms with E-state index >= 15 is 0 Å². The lowest BCUT2D eigenvalue weighted by molar-refractivity contribution is -0.0159. The molecule has 4 rings (SSSR count). The number of hydrogen-bond donors (Lipinski definition) is 0. The highest BCUT2D eigenvalue weighted by atomic mass is 19.1. The average molecular weight is 346 g/mol. The number of hydrogen-bond acceptors (Lipinski definition) is 6. The molecule has 1 atom stereocenters. The van der Waals surface area contributed by atoms with Gasteiger partial charge >= 0.3 is 0 Å². The maximum absolute atomic E-state index is 13.0. The van der Waals surface area contributed by atoms with Crippen LogP contribution in [-0.2, 0) is 11.3 Å². The van der Waals surface area contributed by atoms with Crippen LogP contribution >= 0.6 is 0 Å². The molecule has 0 aliphatic carbocycles. The normalized spacial score (nSPS) is 22.8. The third kappa shape index (κ3) is 3.52. The Hall–Kier alpha value is -1.99. The number of aromatic nitrogens is 2. The molecule has 2 aromatic heterocycles. The van der Waals surface area contributed by atoms with Crippen molar-refractivity contribution >= 4 is 5.95 Å². The molecular weight excluding hydrogens is 323 g/mol. The Bertz CT molecular complexity index is 684. The van der Waals surface area contributed by atoms with Crippen molar-refractivity contribution in [3.05, 3.63) is 42.4 Å². The van der Waals surface area contributed by atoms with E-state index in [1.54, 1.807) is 6.26 Å². The van der Waals surface area contributed by atoms with Gasteiger partial charge < -0.3 is 14.1 Å². The summed E-state index contributed by atoms with van der Waals surface area (Å²) in [6, 6.07) is 4.32. The summed E-state index contributed by atoms with van der Waals surface area (Å²) < 4.78 is 24.7. The highest BCUT2D eigenvalue weighted by Gasteiger charge is 2.44. The molecule has 2 saturated heterocycles. The van der Waals surface area contributed by atoms with Crippen LogP contribution in [0.1, 0.15) is 25.0 Å². The molecule has 0 saturated carbocycles. The van der Waals surface area contributed by atoms with Crippen molar-refractivity contribution in [2.24, 2.45) is 0 Å². The van der Waals surface area contributed by atoms with Crippen LogP contribution in [0.2, 0.25) is 0 Å². The van der Waals surface area contributed by atoms with Gasteiger partial charge in [-0.25, -0.2) is 14.4 Å². The van der Waals surface area contributed by atoms with Crippen molar-refractivity contribution in [2.75, 3.05) is 31.6 Å². The standard InChI is InChI=1S/C18H23FN4O2/c1-22(12-16-3-2-8-24-16)15-9-18(25-13-15)4-6-23(7-5-18)17-20-10-14(19)11-21-17/h2-3,8,10-11,15H,4-7,9,12-13H2,1H3. The van der Waals surface area contributed by atoms with Gasteiger partial charge in [-0.2, -0.15) is 0 Å². The maximum atomic E-state index is 13.0. The molecule has 0 aromatic carbocycles. The van der Waals surface area contributed by atoms with Crippen molar-refractivity contribution in [1.82, 2.24) is 14.9 Å². The summed E-state index contributed by atoms with van der Waals surface area (Å²) in [5.74, 6) is 1.17. The molecule has 2 aliphatic rings. The number of rotatable bonds is 4. The number of anilines is 1. The molecule has 0 bridgehead atoms. The lowest BCUT2D eigenvalue weighted by Gasteiger charge is -2.38. The monoisotopic (exact) mass is 346 g/mol. The molecule has 134 valence electrons. The molecule has 7 heteroatoms. The number of nitrogens with zero attached hydrogens (tertiary/aromatic N) is 4. The molecule has 0 N–H and O–H groups in total. The van der Waals surface area contributed by atoms with Crippen molar-refractivity contribution in [1.29, 1.82) is 0 Å². The van der Waals surface area contributed by atoms with Crippen molar-refractivity contribution in [3.63, 3.8) is 0 Å². The fourth-order valence-electron chi connectivity index (χ4n) is 3.81. The largest absolute Gasteiger partial charge is 0.468 e. The second-order valence-corrected chi connectivity index (χ2v) is 7.03. The maximum Gasteiger partial charge on any atom is 0.225 e. The number of furan rings is 1. The van der Waals surface area contributed by atoms with Gasteiger partial charge in [-0.1, -0.05) is 0 Å². The quantitative estimate of drug-likeness (QED) is 0.848. The minimum Gasteiger partial charge on any atom is -0.468 e. The van der Waals surface area contributed by atoms with E-state index in [2.05, 4.69) is 26.8 Å². The fraction of sp³-hybridized carbons (Fsp3) is 0.556. The highest BCUT2D eigenvalue weighted by molar-refractivity contribution is 5.30. The summed E-state index contributed by atoms with van der Waals surface area (Å²) in [4.78, 5) is 12.6. The van der Waals surface area contributed by atoms with E-state index in [4.69, 9.17) is 9.15 Å². The van der Waals surface area contributed by atoms with Crippen molar-refractivity contribution in [2.45, 2.75) is 37.5 Å². The molecule has 25 heavy (non-hydrogen) atoms. The summed E-state index contributed by atoms with van der Waals surface area (Å²) in [5.41, 5.74) is -0.0569. The smallest absolute Gasteiger partial charge is 0.225 e. The molecular formula is C18H23FN4O2. The van der Waals surface area contributed by atoms with E-state index in [9.17, 15) is 4.39 Å². The van der Waals surface area contributed by atoms with E-state index in [1.165, 1.54) is 12.4 Å². The molecule has 2 aromatic rings. The Morgan fingerprint density at radius 3 is 2.76 bits per heavy atom. The zero-order chi connectivity index (χ0) is 17.3. The second-order valence-electron chi connectivity index (χ2n) is 7.03. The van der Waals surface area contributed by atoms with E-state index in [1.807, 2.05) is 12.1 Å². The van der Waals surface area contributed by atoms with Gasteiger partial charge in [0.1, 0.15) is 5.76 Å². The Balaban J connectivity index is 1.33. The van der Waals surface area contributed by atoms with Crippen LogP contribution < -0.4 is 4.90 Å². The van der Waals surface area contributed by atoms with Gasteiger partial charge in [0.25, 0.3) is 0 Å². The third-order valence-corrected chi connectivity index (χ3v) is 5.36. The minimum atomic E-state index is -0.404. The first-order chi connectivity index (χ1) is 12.1. The van der Waals surface area contributed by atoms with Crippen LogP contribution in [-0.4, -0.2) is 53.3 Å². The Morgan fingerprint density at radius 1 is 1.32 bits per heavy atom. The molecule has 0 radical (unpaired) electrons. The van der Waals surface area contributed by atoms with Crippen LogP contribution in [0.25, 0.3) is 0 Å². The lowest BCUT2D eigenvalue weighted by atomic mass is 9.87. The number of ether oxygens (including phenoxy) is 1. The van der Waals surface area contributed by atoms with Gasteiger partial charge in [-0.05, 0) is 38.4 Å². The van der Waals surface area contributed by atoms with Gasteiger partial charge in [0.2, 0.25) is 5.95 Å². The van der Waals surface area contributed by atoms with Crippen LogP contribution in [0.15, 0.2) is 35.2 Å². The Kier molecular flexibility index (Phi) is 4.43. The van der Waals surface area contributed by atoms with Crippen LogP contribution in [0.3, 0.4) is 0 Å². The highest BCUT2D eigenvalue weighted by Crippen LogP contribution is 2.38. The molecule has 4 heterocycles. The minimum absolute atomic E-state index is 0.0569. The number of halogens is 1.